The molecule has 0 atom stereocenters. The van der Waals surface area contributed by atoms with E-state index in [2.05, 4.69) is 20.8 Å². The zero-order valence-corrected chi connectivity index (χ0v) is 16.8. The fraction of sp³-hybridized carbons (Fsp3) is 0.0588. The van der Waals surface area contributed by atoms with Gasteiger partial charge in [-0.3, -0.25) is 14.9 Å². The Morgan fingerprint density at radius 2 is 1.74 bits per heavy atom. The maximum atomic E-state index is 12.2. The smallest absolute Gasteiger partial charge is 0.259 e. The van der Waals surface area contributed by atoms with Gasteiger partial charge >= 0.3 is 0 Å². The number of halogens is 2. The van der Waals surface area contributed by atoms with Crippen molar-refractivity contribution >= 4 is 68.9 Å². The lowest BCUT2D eigenvalue weighted by molar-refractivity contribution is -0.113. The van der Waals surface area contributed by atoms with E-state index >= 15 is 0 Å². The van der Waals surface area contributed by atoms with Crippen molar-refractivity contribution in [3.05, 3.63) is 64.1 Å². The number of carbonyl (C=O) groups is 2. The molecular weight excluding hydrogens is 427 g/mol. The number of aromatic nitrogens is 2. The molecule has 6 nitrogen and oxygen atoms in total. The van der Waals surface area contributed by atoms with Crippen molar-refractivity contribution in [1.82, 2.24) is 10.2 Å². The molecule has 3 rings (SSSR count). The van der Waals surface area contributed by atoms with Crippen LogP contribution >= 0.6 is 46.3 Å². The van der Waals surface area contributed by atoms with E-state index < -0.39 is 0 Å². The van der Waals surface area contributed by atoms with E-state index in [0.29, 0.717) is 30.8 Å². The minimum absolute atomic E-state index is 0.162. The van der Waals surface area contributed by atoms with E-state index in [-0.39, 0.29) is 17.6 Å². The summed E-state index contributed by atoms with van der Waals surface area (Å²) in [5, 5.41) is 14.6. The van der Waals surface area contributed by atoms with Gasteiger partial charge < -0.3 is 5.32 Å². The lowest BCUT2D eigenvalue weighted by Gasteiger charge is -2.04. The molecule has 0 radical (unpaired) electrons. The Balaban J connectivity index is 1.52. The number of hydrogen-bond acceptors (Lipinski definition) is 6. The number of nitrogens with zero attached hydrogens (tertiary/aromatic N) is 2. The van der Waals surface area contributed by atoms with E-state index in [9.17, 15) is 9.59 Å². The van der Waals surface area contributed by atoms with Crippen LogP contribution in [0.5, 0.6) is 0 Å². The molecule has 27 heavy (non-hydrogen) atoms. The van der Waals surface area contributed by atoms with Crippen LogP contribution in [0.1, 0.15) is 10.4 Å². The van der Waals surface area contributed by atoms with Crippen LogP contribution in [0.2, 0.25) is 10.0 Å². The Hall–Kier alpha value is -2.13. The molecule has 2 aromatic carbocycles. The van der Waals surface area contributed by atoms with Crippen LogP contribution in [0.15, 0.2) is 52.9 Å². The molecular formula is C17H12Cl2N4O2S2. The molecule has 0 saturated carbocycles. The average molecular weight is 439 g/mol. The number of hydrogen-bond donors (Lipinski definition) is 2. The van der Waals surface area contributed by atoms with Crippen LogP contribution in [0.4, 0.5) is 10.8 Å². The molecule has 0 spiro atoms. The second-order valence-corrected chi connectivity index (χ2v) is 8.19. The molecule has 2 N–H and O–H groups in total. The minimum atomic E-state index is -0.367. The van der Waals surface area contributed by atoms with Crippen molar-refractivity contribution in [2.75, 3.05) is 16.4 Å². The zero-order valence-electron chi connectivity index (χ0n) is 13.6. The highest BCUT2D eigenvalue weighted by Gasteiger charge is 2.14. The molecule has 0 bridgehead atoms. The fourth-order valence-electron chi connectivity index (χ4n) is 1.99. The van der Waals surface area contributed by atoms with Gasteiger partial charge in [-0.25, -0.2) is 0 Å². The lowest BCUT2D eigenvalue weighted by atomic mass is 10.2. The third-order valence-corrected chi connectivity index (χ3v) is 5.75. The Kier molecular flexibility index (Phi) is 6.68. The largest absolute Gasteiger partial charge is 0.325 e. The van der Waals surface area contributed by atoms with Gasteiger partial charge in [0.05, 0.1) is 16.3 Å². The highest BCUT2D eigenvalue weighted by molar-refractivity contribution is 8.01. The van der Waals surface area contributed by atoms with Crippen molar-refractivity contribution in [3.63, 3.8) is 0 Å². The molecule has 0 aliphatic heterocycles. The van der Waals surface area contributed by atoms with Gasteiger partial charge in [0.25, 0.3) is 5.91 Å². The summed E-state index contributed by atoms with van der Waals surface area (Å²) in [7, 11) is 0. The molecule has 10 heteroatoms. The van der Waals surface area contributed by atoms with Crippen molar-refractivity contribution in [2.45, 2.75) is 4.34 Å². The lowest BCUT2D eigenvalue weighted by Crippen LogP contribution is -2.13. The number of benzene rings is 2. The summed E-state index contributed by atoms with van der Waals surface area (Å²) in [6, 6.07) is 13.6. The number of carbonyl (C=O) groups excluding carboxylic acids is 2. The van der Waals surface area contributed by atoms with Gasteiger partial charge in [0.2, 0.25) is 11.0 Å². The fourth-order valence-corrected chi connectivity index (χ4v) is 3.88. The van der Waals surface area contributed by atoms with E-state index in [0.717, 1.165) is 0 Å². The zero-order chi connectivity index (χ0) is 19.2. The Morgan fingerprint density at radius 3 is 2.48 bits per heavy atom. The van der Waals surface area contributed by atoms with Crippen LogP contribution in [0, 0.1) is 0 Å². The van der Waals surface area contributed by atoms with Gasteiger partial charge in [0.15, 0.2) is 4.34 Å². The Labute approximate surface area is 173 Å². The quantitative estimate of drug-likeness (QED) is 0.425. The minimum Gasteiger partial charge on any atom is -0.325 e. The van der Waals surface area contributed by atoms with E-state index in [1.165, 1.54) is 23.1 Å². The van der Waals surface area contributed by atoms with Crippen molar-refractivity contribution in [1.29, 1.82) is 0 Å². The molecule has 1 aromatic heterocycles. The summed E-state index contributed by atoms with van der Waals surface area (Å²) < 4.78 is 0.565. The Bertz CT molecular complexity index is 964. The van der Waals surface area contributed by atoms with E-state index in [1.807, 2.05) is 0 Å². The summed E-state index contributed by atoms with van der Waals surface area (Å²) in [5.74, 6) is -0.386. The van der Waals surface area contributed by atoms with E-state index in [1.54, 1.807) is 48.5 Å². The van der Waals surface area contributed by atoms with Gasteiger partial charge in [-0.15, -0.1) is 10.2 Å². The maximum Gasteiger partial charge on any atom is 0.259 e. The first kappa shape index (κ1) is 19.6. The van der Waals surface area contributed by atoms with Gasteiger partial charge in [-0.1, -0.05) is 58.4 Å². The number of thioether (sulfide) groups is 1. The molecule has 1 heterocycles. The number of nitrogens with one attached hydrogen (secondary N) is 2. The summed E-state index contributed by atoms with van der Waals surface area (Å²) in [5.41, 5.74) is 1.01. The van der Waals surface area contributed by atoms with E-state index in [4.69, 9.17) is 23.2 Å². The molecule has 0 unspecified atom stereocenters. The number of rotatable bonds is 6. The second-order valence-electron chi connectivity index (χ2n) is 5.15. The summed E-state index contributed by atoms with van der Waals surface area (Å²) in [6.45, 7) is 0. The first-order chi connectivity index (χ1) is 13.0. The first-order valence-electron chi connectivity index (χ1n) is 7.59. The molecule has 0 aliphatic carbocycles. The van der Waals surface area contributed by atoms with Gasteiger partial charge in [-0.2, -0.15) is 0 Å². The molecule has 138 valence electrons. The van der Waals surface area contributed by atoms with Crippen molar-refractivity contribution < 1.29 is 9.59 Å². The highest BCUT2D eigenvalue weighted by Crippen LogP contribution is 2.26. The SMILES string of the molecule is O=C(CSc1nnc(NC(=O)c2ccccc2Cl)s1)Nc1ccc(Cl)cc1. The maximum absolute atomic E-state index is 12.2. The topological polar surface area (TPSA) is 84.0 Å². The number of amides is 2. The number of anilines is 2. The molecule has 0 aliphatic rings. The summed E-state index contributed by atoms with van der Waals surface area (Å²) in [4.78, 5) is 24.2. The molecule has 0 fully saturated rings. The van der Waals surface area contributed by atoms with Gasteiger partial charge in [0, 0.05) is 10.7 Å². The Morgan fingerprint density at radius 1 is 1.00 bits per heavy atom. The van der Waals surface area contributed by atoms with Crippen molar-refractivity contribution in [2.24, 2.45) is 0 Å². The monoisotopic (exact) mass is 438 g/mol. The average Bonchev–Trinajstić information content (AvgIpc) is 3.09. The first-order valence-corrected chi connectivity index (χ1v) is 10.1. The second kappa shape index (κ2) is 9.18. The third-order valence-electron chi connectivity index (χ3n) is 3.20. The van der Waals surface area contributed by atoms with Crippen molar-refractivity contribution in [3.8, 4) is 0 Å². The van der Waals surface area contributed by atoms with Crippen LogP contribution < -0.4 is 10.6 Å². The van der Waals surface area contributed by atoms with Crippen LogP contribution in [0.3, 0.4) is 0 Å². The highest BCUT2D eigenvalue weighted by atomic mass is 35.5. The standard InChI is InChI=1S/C17H12Cl2N4O2S2/c18-10-5-7-11(8-6-10)20-14(24)9-26-17-23-22-16(27-17)21-15(25)12-3-1-2-4-13(12)19/h1-8H,9H2,(H,20,24)(H,21,22,25). The van der Waals surface area contributed by atoms with Gasteiger partial charge in [0.1, 0.15) is 0 Å². The van der Waals surface area contributed by atoms with Crippen LogP contribution in [-0.2, 0) is 4.79 Å². The predicted molar refractivity (Wildman–Crippen MR) is 110 cm³/mol. The van der Waals surface area contributed by atoms with Gasteiger partial charge in [-0.05, 0) is 36.4 Å². The third kappa shape index (κ3) is 5.67. The summed E-state index contributed by atoms with van der Waals surface area (Å²) in [6.07, 6.45) is 0. The van der Waals surface area contributed by atoms with Crippen LogP contribution in [-0.4, -0.2) is 27.8 Å². The molecule has 3 aromatic rings. The normalized spacial score (nSPS) is 10.4. The summed E-state index contributed by atoms with van der Waals surface area (Å²) >= 11 is 14.2. The predicted octanol–water partition coefficient (Wildman–Crippen LogP) is 4.83. The molecule has 0 saturated heterocycles. The molecule has 2 amide bonds. The van der Waals surface area contributed by atoms with Crippen LogP contribution in [0.25, 0.3) is 0 Å².